The Morgan fingerprint density at radius 3 is 2.67 bits per heavy atom. The number of rotatable bonds is 2. The summed E-state index contributed by atoms with van der Waals surface area (Å²) in [4.78, 5) is 0. The molecular formula is C12H15N3. The molecule has 0 spiro atoms. The fourth-order valence-corrected chi connectivity index (χ4v) is 1.42. The van der Waals surface area contributed by atoms with Gasteiger partial charge >= 0.3 is 0 Å². The molecule has 1 aromatic carbocycles. The van der Waals surface area contributed by atoms with Crippen LogP contribution >= 0.6 is 0 Å². The Morgan fingerprint density at radius 1 is 1.20 bits per heavy atom. The van der Waals surface area contributed by atoms with Crippen LogP contribution in [0.5, 0.6) is 0 Å². The van der Waals surface area contributed by atoms with Gasteiger partial charge in [0.25, 0.3) is 0 Å². The molecule has 2 aromatic rings. The molecule has 3 heteroatoms. The van der Waals surface area contributed by atoms with E-state index in [4.69, 9.17) is 0 Å². The molecule has 15 heavy (non-hydrogen) atoms. The number of fused-ring (bicyclic) bond motifs is 1. The highest BCUT2D eigenvalue weighted by molar-refractivity contribution is 5.73. The molecule has 0 N–H and O–H groups in total. The molecule has 0 fully saturated rings. The topological polar surface area (TPSA) is 30.7 Å². The van der Waals surface area contributed by atoms with Gasteiger partial charge in [-0.05, 0) is 32.9 Å². The Bertz CT molecular complexity index is 504. The Morgan fingerprint density at radius 2 is 1.93 bits per heavy atom. The zero-order valence-electron chi connectivity index (χ0n) is 9.36. The van der Waals surface area contributed by atoms with Crippen LogP contribution in [0.4, 0.5) is 0 Å². The van der Waals surface area contributed by atoms with Crippen LogP contribution in [0.1, 0.15) is 20.8 Å². The summed E-state index contributed by atoms with van der Waals surface area (Å²) >= 11 is 0. The first-order chi connectivity index (χ1) is 7.18. The van der Waals surface area contributed by atoms with Crippen molar-refractivity contribution in [2.75, 3.05) is 0 Å². The molecule has 0 atom stereocenters. The molecule has 0 saturated carbocycles. The third-order valence-corrected chi connectivity index (χ3v) is 2.66. The van der Waals surface area contributed by atoms with Gasteiger partial charge in [-0.25, -0.2) is 4.68 Å². The van der Waals surface area contributed by atoms with E-state index in [1.54, 1.807) is 0 Å². The summed E-state index contributed by atoms with van der Waals surface area (Å²) in [5, 5.41) is 8.27. The van der Waals surface area contributed by atoms with Crippen LogP contribution < -0.4 is 0 Å². The van der Waals surface area contributed by atoms with Crippen LogP contribution in [-0.4, -0.2) is 15.0 Å². The first-order valence-corrected chi connectivity index (χ1v) is 5.09. The van der Waals surface area contributed by atoms with Crippen molar-refractivity contribution in [2.45, 2.75) is 27.3 Å². The van der Waals surface area contributed by atoms with Gasteiger partial charge in [-0.1, -0.05) is 28.5 Å². The van der Waals surface area contributed by atoms with Crippen molar-refractivity contribution in [3.63, 3.8) is 0 Å². The van der Waals surface area contributed by atoms with Gasteiger partial charge in [0, 0.05) is 0 Å². The lowest BCUT2D eigenvalue weighted by Gasteiger charge is -2.04. The molecule has 0 unspecified atom stereocenters. The first kappa shape index (κ1) is 9.90. The lowest BCUT2D eigenvalue weighted by molar-refractivity contribution is 0.657. The predicted molar refractivity (Wildman–Crippen MR) is 61.6 cm³/mol. The van der Waals surface area contributed by atoms with E-state index in [1.165, 1.54) is 11.1 Å². The van der Waals surface area contributed by atoms with E-state index in [1.807, 2.05) is 28.9 Å². The number of para-hydroxylation sites is 1. The molecule has 0 aliphatic rings. The average Bonchev–Trinajstić information content (AvgIpc) is 2.62. The molecule has 1 aromatic heterocycles. The average molecular weight is 201 g/mol. The number of nitrogens with zero attached hydrogens (tertiary/aromatic N) is 3. The lowest BCUT2D eigenvalue weighted by atomic mass is 10.2. The van der Waals surface area contributed by atoms with Gasteiger partial charge < -0.3 is 0 Å². The van der Waals surface area contributed by atoms with Gasteiger partial charge in [-0.2, -0.15) is 0 Å². The van der Waals surface area contributed by atoms with E-state index in [9.17, 15) is 0 Å². The third kappa shape index (κ3) is 1.91. The van der Waals surface area contributed by atoms with Crippen molar-refractivity contribution >= 4 is 11.0 Å². The smallest absolute Gasteiger partial charge is 0.113 e. The molecule has 0 bridgehead atoms. The largest absolute Gasteiger partial charge is 0.241 e. The maximum absolute atomic E-state index is 4.15. The molecule has 0 aliphatic heterocycles. The second-order valence-electron chi connectivity index (χ2n) is 4.02. The molecule has 78 valence electrons. The van der Waals surface area contributed by atoms with Crippen LogP contribution in [-0.2, 0) is 6.54 Å². The van der Waals surface area contributed by atoms with Crippen molar-refractivity contribution in [1.82, 2.24) is 15.0 Å². The fraction of sp³-hybridized carbons (Fsp3) is 0.333. The highest BCUT2D eigenvalue weighted by atomic mass is 15.4. The predicted octanol–water partition coefficient (Wildman–Crippen LogP) is 2.79. The summed E-state index contributed by atoms with van der Waals surface area (Å²) in [6.07, 6.45) is 0. The van der Waals surface area contributed by atoms with Crippen molar-refractivity contribution in [1.29, 1.82) is 0 Å². The summed E-state index contributed by atoms with van der Waals surface area (Å²) in [7, 11) is 0. The molecule has 0 saturated heterocycles. The van der Waals surface area contributed by atoms with Crippen LogP contribution in [0, 0.1) is 0 Å². The monoisotopic (exact) mass is 201 g/mol. The number of aromatic nitrogens is 3. The molecule has 0 radical (unpaired) electrons. The molecule has 3 nitrogen and oxygen atoms in total. The van der Waals surface area contributed by atoms with Gasteiger partial charge in [0.2, 0.25) is 0 Å². The minimum Gasteiger partial charge on any atom is -0.241 e. The molecular weight excluding hydrogens is 186 g/mol. The summed E-state index contributed by atoms with van der Waals surface area (Å²) in [5.74, 6) is 0. The summed E-state index contributed by atoms with van der Waals surface area (Å²) in [5.41, 5.74) is 4.73. The Kier molecular flexibility index (Phi) is 2.54. The van der Waals surface area contributed by atoms with E-state index in [0.29, 0.717) is 0 Å². The zero-order chi connectivity index (χ0) is 10.8. The SMILES string of the molecule is CC(C)=C(C)Cn1nnc2ccccc21. The highest BCUT2D eigenvalue weighted by Crippen LogP contribution is 2.12. The quantitative estimate of drug-likeness (QED) is 0.699. The van der Waals surface area contributed by atoms with Crippen molar-refractivity contribution < 1.29 is 0 Å². The van der Waals surface area contributed by atoms with Crippen LogP contribution in [0.25, 0.3) is 11.0 Å². The van der Waals surface area contributed by atoms with Gasteiger partial charge in [0.05, 0.1) is 12.1 Å². The van der Waals surface area contributed by atoms with Crippen molar-refractivity contribution in [3.05, 3.63) is 35.4 Å². The van der Waals surface area contributed by atoms with E-state index in [2.05, 4.69) is 31.1 Å². The maximum atomic E-state index is 4.15. The van der Waals surface area contributed by atoms with Crippen LogP contribution in [0.3, 0.4) is 0 Å². The number of allylic oxidation sites excluding steroid dienone is 2. The standard InChI is InChI=1S/C12H15N3/c1-9(2)10(3)8-15-12-7-5-4-6-11(12)13-14-15/h4-7H,8H2,1-3H3. The lowest BCUT2D eigenvalue weighted by Crippen LogP contribution is -2.02. The zero-order valence-corrected chi connectivity index (χ0v) is 9.36. The van der Waals surface area contributed by atoms with Gasteiger partial charge in [0.15, 0.2) is 0 Å². The normalized spacial score (nSPS) is 10.6. The van der Waals surface area contributed by atoms with E-state index < -0.39 is 0 Å². The van der Waals surface area contributed by atoms with Crippen LogP contribution in [0.2, 0.25) is 0 Å². The van der Waals surface area contributed by atoms with Gasteiger partial charge in [-0.15, -0.1) is 5.10 Å². The van der Waals surface area contributed by atoms with Crippen LogP contribution in [0.15, 0.2) is 35.4 Å². The minimum absolute atomic E-state index is 0.822. The Balaban J connectivity index is 2.41. The molecule has 0 aliphatic carbocycles. The number of hydrogen-bond acceptors (Lipinski definition) is 2. The van der Waals surface area contributed by atoms with Crippen molar-refractivity contribution in [3.8, 4) is 0 Å². The summed E-state index contributed by atoms with van der Waals surface area (Å²) in [6.45, 7) is 7.19. The summed E-state index contributed by atoms with van der Waals surface area (Å²) < 4.78 is 1.94. The van der Waals surface area contributed by atoms with Gasteiger partial charge in [0.1, 0.15) is 5.52 Å². The molecule has 1 heterocycles. The second kappa shape index (κ2) is 3.85. The minimum atomic E-state index is 0.822. The summed E-state index contributed by atoms with van der Waals surface area (Å²) in [6, 6.07) is 8.03. The Labute approximate surface area is 89.4 Å². The maximum Gasteiger partial charge on any atom is 0.113 e. The van der Waals surface area contributed by atoms with E-state index >= 15 is 0 Å². The van der Waals surface area contributed by atoms with Crippen molar-refractivity contribution in [2.24, 2.45) is 0 Å². The molecule has 0 amide bonds. The second-order valence-corrected chi connectivity index (χ2v) is 4.02. The molecule has 2 rings (SSSR count). The first-order valence-electron chi connectivity index (χ1n) is 5.09. The fourth-order valence-electron chi connectivity index (χ4n) is 1.42. The number of hydrogen-bond donors (Lipinski definition) is 0. The van der Waals surface area contributed by atoms with Gasteiger partial charge in [-0.3, -0.25) is 0 Å². The number of benzene rings is 1. The van der Waals surface area contributed by atoms with E-state index in [0.717, 1.165) is 17.6 Å². The third-order valence-electron chi connectivity index (χ3n) is 2.66. The van der Waals surface area contributed by atoms with E-state index in [-0.39, 0.29) is 0 Å². The highest BCUT2D eigenvalue weighted by Gasteiger charge is 2.03. The Hall–Kier alpha value is -1.64.